The van der Waals surface area contributed by atoms with Crippen molar-refractivity contribution < 1.29 is 3.07 Å². The fourth-order valence-electron chi connectivity index (χ4n) is 0.715. The largest absolute Gasteiger partial charge is 0.310 e. The van der Waals surface area contributed by atoms with Crippen LogP contribution in [-0.2, 0) is 3.07 Å². The summed E-state index contributed by atoms with van der Waals surface area (Å²) in [5.74, 6) is 0. The zero-order chi connectivity index (χ0) is 9.12. The maximum Gasteiger partial charge on any atom is 0.110 e. The molecule has 0 radical (unpaired) electrons. The van der Waals surface area contributed by atoms with Gasteiger partial charge in [-0.05, 0) is 32.1 Å². The van der Waals surface area contributed by atoms with Gasteiger partial charge in [-0.1, -0.05) is 20.8 Å². The van der Waals surface area contributed by atoms with Crippen molar-refractivity contribution >= 4 is 23.0 Å². The molecule has 0 aliphatic carbocycles. The van der Waals surface area contributed by atoms with Gasteiger partial charge in [-0.15, -0.1) is 0 Å². The van der Waals surface area contributed by atoms with Crippen LogP contribution in [0.3, 0.4) is 0 Å². The molecule has 0 heterocycles. The summed E-state index contributed by atoms with van der Waals surface area (Å²) < 4.78 is 5.30. The second-order valence-corrected chi connectivity index (χ2v) is 5.34. The zero-order valence-electron chi connectivity index (χ0n) is 8.20. The zero-order valence-corrected chi connectivity index (χ0v) is 10.4. The predicted octanol–water partition coefficient (Wildman–Crippen LogP) is 3.96. The molecule has 2 heteroatoms. The maximum absolute atomic E-state index is 5.30. The van der Waals surface area contributed by atoms with E-state index in [1.165, 1.54) is 6.42 Å². The van der Waals surface area contributed by atoms with Crippen molar-refractivity contribution in [3.63, 3.8) is 0 Å². The van der Waals surface area contributed by atoms with Crippen LogP contribution in [0, 0.1) is 5.41 Å². The van der Waals surface area contributed by atoms with Gasteiger partial charge >= 0.3 is 0 Å². The first-order valence-corrected chi connectivity index (χ1v) is 4.95. The van der Waals surface area contributed by atoms with E-state index in [4.69, 9.17) is 3.07 Å². The molecule has 0 aromatic carbocycles. The summed E-state index contributed by atoms with van der Waals surface area (Å²) in [6, 6.07) is 0. The smallest absolute Gasteiger partial charge is 0.110 e. The Labute approximate surface area is 84.6 Å². The lowest BCUT2D eigenvalue weighted by Crippen LogP contribution is -2.22. The summed E-state index contributed by atoms with van der Waals surface area (Å²) in [5, 5.41) is 0. The molecule has 0 fully saturated rings. The number of rotatable bonds is 3. The fraction of sp³-hybridized carbons (Fsp3) is 1.00. The minimum Gasteiger partial charge on any atom is -0.310 e. The second kappa shape index (κ2) is 4.08. The minimum absolute atomic E-state index is 0.0356. The molecular weight excluding hydrogens is 251 g/mol. The molecule has 11 heavy (non-hydrogen) atoms. The molecule has 0 saturated carbocycles. The monoisotopic (exact) mass is 270 g/mol. The van der Waals surface area contributed by atoms with Crippen LogP contribution < -0.4 is 0 Å². The third-order valence-electron chi connectivity index (χ3n) is 1.69. The quantitative estimate of drug-likeness (QED) is 0.705. The topological polar surface area (TPSA) is 9.23 Å². The van der Waals surface area contributed by atoms with Gasteiger partial charge < -0.3 is 3.07 Å². The van der Waals surface area contributed by atoms with Crippen LogP contribution in [0.25, 0.3) is 0 Å². The number of hydrogen-bond donors (Lipinski definition) is 0. The highest BCUT2D eigenvalue weighted by molar-refractivity contribution is 14.1. The van der Waals surface area contributed by atoms with Crippen LogP contribution >= 0.6 is 23.0 Å². The summed E-state index contributed by atoms with van der Waals surface area (Å²) >= 11 is 1.98. The standard InChI is InChI=1S/C9H19IO/c1-8(2,3)6-7-9(4,5)11-10/h6-7H2,1-5H3. The maximum atomic E-state index is 5.30. The van der Waals surface area contributed by atoms with Crippen LogP contribution in [0.2, 0.25) is 0 Å². The van der Waals surface area contributed by atoms with E-state index < -0.39 is 0 Å². The van der Waals surface area contributed by atoms with Gasteiger partial charge in [0.05, 0.1) is 5.60 Å². The number of hydrogen-bond acceptors (Lipinski definition) is 1. The molecule has 0 aromatic heterocycles. The van der Waals surface area contributed by atoms with Crippen molar-refractivity contribution in [2.75, 3.05) is 0 Å². The first kappa shape index (κ1) is 11.7. The van der Waals surface area contributed by atoms with Crippen molar-refractivity contribution in [2.24, 2.45) is 5.41 Å². The van der Waals surface area contributed by atoms with Crippen LogP contribution in [0.4, 0.5) is 0 Å². The summed E-state index contributed by atoms with van der Waals surface area (Å²) in [4.78, 5) is 0. The Bertz CT molecular complexity index is 113. The lowest BCUT2D eigenvalue weighted by Gasteiger charge is -2.26. The molecule has 0 spiro atoms. The number of halogens is 1. The highest BCUT2D eigenvalue weighted by Gasteiger charge is 2.21. The van der Waals surface area contributed by atoms with Gasteiger partial charge in [0.2, 0.25) is 0 Å². The Morgan fingerprint density at radius 1 is 1.00 bits per heavy atom. The summed E-state index contributed by atoms with van der Waals surface area (Å²) in [7, 11) is 0. The third-order valence-corrected chi connectivity index (χ3v) is 2.88. The lowest BCUT2D eigenvalue weighted by molar-refractivity contribution is 0.138. The van der Waals surface area contributed by atoms with Gasteiger partial charge in [0.25, 0.3) is 0 Å². The molecule has 0 aliphatic rings. The molecule has 0 saturated heterocycles. The molecule has 0 unspecified atom stereocenters. The molecule has 0 aliphatic heterocycles. The molecule has 1 nitrogen and oxygen atoms in total. The van der Waals surface area contributed by atoms with E-state index in [0.29, 0.717) is 5.41 Å². The van der Waals surface area contributed by atoms with E-state index in [0.717, 1.165) is 6.42 Å². The normalized spacial score (nSPS) is 13.6. The Balaban J connectivity index is 3.70. The minimum atomic E-state index is 0.0356. The van der Waals surface area contributed by atoms with Gasteiger partial charge in [0.15, 0.2) is 0 Å². The van der Waals surface area contributed by atoms with Crippen molar-refractivity contribution in [1.82, 2.24) is 0 Å². The Morgan fingerprint density at radius 3 is 1.73 bits per heavy atom. The van der Waals surface area contributed by atoms with Gasteiger partial charge in [0, 0.05) is 0 Å². The van der Waals surface area contributed by atoms with Gasteiger partial charge in [-0.2, -0.15) is 0 Å². The van der Waals surface area contributed by atoms with Crippen molar-refractivity contribution in [3.05, 3.63) is 0 Å². The highest BCUT2D eigenvalue weighted by atomic mass is 127. The van der Waals surface area contributed by atoms with Gasteiger partial charge in [-0.3, -0.25) is 0 Å². The van der Waals surface area contributed by atoms with Crippen molar-refractivity contribution in [1.29, 1.82) is 0 Å². The summed E-state index contributed by atoms with van der Waals surface area (Å²) in [5.41, 5.74) is 0.459. The Morgan fingerprint density at radius 2 is 1.45 bits per heavy atom. The average Bonchev–Trinajstić information content (AvgIpc) is 1.83. The van der Waals surface area contributed by atoms with Crippen molar-refractivity contribution in [3.8, 4) is 0 Å². The molecule has 0 bridgehead atoms. The predicted molar refractivity (Wildman–Crippen MR) is 57.9 cm³/mol. The first-order valence-electron chi connectivity index (χ1n) is 4.07. The lowest BCUT2D eigenvalue weighted by atomic mass is 9.86. The molecule has 68 valence electrons. The highest BCUT2D eigenvalue weighted by Crippen LogP contribution is 2.28. The Kier molecular flexibility index (Phi) is 4.33. The first-order chi connectivity index (χ1) is 4.77. The molecule has 0 aromatic rings. The SMILES string of the molecule is CC(C)(C)CCC(C)(C)OI. The van der Waals surface area contributed by atoms with Gasteiger partial charge in [-0.25, -0.2) is 0 Å². The summed E-state index contributed by atoms with van der Waals surface area (Å²) in [6.45, 7) is 11.0. The van der Waals surface area contributed by atoms with Crippen LogP contribution in [0.15, 0.2) is 0 Å². The van der Waals surface area contributed by atoms with Crippen LogP contribution in [0.1, 0.15) is 47.5 Å². The fourth-order valence-corrected chi connectivity index (χ4v) is 0.935. The van der Waals surface area contributed by atoms with E-state index in [1.54, 1.807) is 0 Å². The van der Waals surface area contributed by atoms with E-state index in [2.05, 4.69) is 34.6 Å². The second-order valence-electron chi connectivity index (χ2n) is 4.90. The van der Waals surface area contributed by atoms with Crippen LogP contribution in [0.5, 0.6) is 0 Å². The molecular formula is C9H19IO. The molecule has 0 atom stereocenters. The molecule has 0 amide bonds. The van der Waals surface area contributed by atoms with E-state index in [1.807, 2.05) is 23.0 Å². The molecule has 0 rings (SSSR count). The third kappa shape index (κ3) is 7.06. The summed E-state index contributed by atoms with van der Waals surface area (Å²) in [6.07, 6.45) is 2.34. The van der Waals surface area contributed by atoms with Crippen molar-refractivity contribution in [2.45, 2.75) is 53.1 Å². The molecule has 0 N–H and O–H groups in total. The van der Waals surface area contributed by atoms with E-state index in [-0.39, 0.29) is 5.60 Å². The van der Waals surface area contributed by atoms with E-state index in [9.17, 15) is 0 Å². The van der Waals surface area contributed by atoms with Gasteiger partial charge in [0.1, 0.15) is 23.0 Å². The van der Waals surface area contributed by atoms with Crippen LogP contribution in [-0.4, -0.2) is 5.60 Å². The average molecular weight is 270 g/mol. The van der Waals surface area contributed by atoms with E-state index >= 15 is 0 Å². The Hall–Kier alpha value is 0.690.